The molecule has 1 aromatic carbocycles. The summed E-state index contributed by atoms with van der Waals surface area (Å²) in [4.78, 5) is 11.0. The van der Waals surface area contributed by atoms with Gasteiger partial charge >= 0.3 is 6.18 Å². The van der Waals surface area contributed by atoms with Crippen molar-refractivity contribution in [1.29, 1.82) is 0 Å². The maximum atomic E-state index is 12.6. The van der Waals surface area contributed by atoms with Crippen molar-refractivity contribution in [2.45, 2.75) is 18.6 Å². The summed E-state index contributed by atoms with van der Waals surface area (Å²) in [6.07, 6.45) is 0.598. The van der Waals surface area contributed by atoms with Gasteiger partial charge in [-0.05, 0) is 24.3 Å². The van der Waals surface area contributed by atoms with Gasteiger partial charge in [-0.3, -0.25) is 0 Å². The van der Waals surface area contributed by atoms with Gasteiger partial charge in [0.15, 0.2) is 0 Å². The first-order chi connectivity index (χ1) is 10.9. The van der Waals surface area contributed by atoms with Crippen LogP contribution in [0.1, 0.15) is 23.1 Å². The van der Waals surface area contributed by atoms with E-state index in [9.17, 15) is 13.2 Å². The summed E-state index contributed by atoms with van der Waals surface area (Å²) in [5.74, 6) is 0.458. The molecule has 0 aliphatic rings. The number of benzene rings is 1. The fourth-order valence-corrected chi connectivity index (χ4v) is 2.22. The molecule has 0 amide bonds. The van der Waals surface area contributed by atoms with Crippen molar-refractivity contribution in [3.63, 3.8) is 0 Å². The molecular weight excluding hydrogens is 309 g/mol. The highest BCUT2D eigenvalue weighted by Gasteiger charge is 2.30. The number of imidazole rings is 1. The molecule has 2 aromatic heterocycles. The van der Waals surface area contributed by atoms with Crippen molar-refractivity contribution in [3.05, 3.63) is 60.2 Å². The van der Waals surface area contributed by atoms with Gasteiger partial charge in [-0.1, -0.05) is 0 Å². The van der Waals surface area contributed by atoms with Crippen molar-refractivity contribution >= 4 is 0 Å². The Kier molecular flexibility index (Phi) is 3.87. The van der Waals surface area contributed by atoms with Gasteiger partial charge in [0.1, 0.15) is 12.2 Å². The number of aromatic amines is 1. The van der Waals surface area contributed by atoms with Crippen molar-refractivity contribution < 1.29 is 13.2 Å². The summed E-state index contributed by atoms with van der Waals surface area (Å²) in [5.41, 5.74) is 6.70. The Morgan fingerprint density at radius 1 is 1.22 bits per heavy atom. The van der Waals surface area contributed by atoms with E-state index in [0.717, 1.165) is 17.8 Å². The standard InChI is InChI=1S/C14H13F3N6/c15-14(16,17)9-1-3-11(4-2-9)23-13(21-8-22-23)12(18)5-10-6-19-7-20-10/h1-4,6-8,12H,5,18H2,(H,19,20)/t12-/m0/s1. The molecule has 3 N–H and O–H groups in total. The second-order valence-electron chi connectivity index (χ2n) is 4.96. The van der Waals surface area contributed by atoms with E-state index in [0.29, 0.717) is 17.9 Å². The summed E-state index contributed by atoms with van der Waals surface area (Å²) in [6, 6.07) is 4.20. The first-order valence-corrected chi connectivity index (χ1v) is 6.75. The topological polar surface area (TPSA) is 85.4 Å². The average Bonchev–Trinajstić information content (AvgIpc) is 3.17. The number of nitrogens with two attached hydrogens (primary N) is 1. The lowest BCUT2D eigenvalue weighted by Gasteiger charge is -2.13. The number of halogens is 3. The van der Waals surface area contributed by atoms with E-state index in [1.807, 2.05) is 0 Å². The van der Waals surface area contributed by atoms with E-state index >= 15 is 0 Å². The Balaban J connectivity index is 1.85. The van der Waals surface area contributed by atoms with Crippen LogP contribution >= 0.6 is 0 Å². The predicted octanol–water partition coefficient (Wildman–Crippen LogP) is 2.25. The zero-order chi connectivity index (χ0) is 16.4. The van der Waals surface area contributed by atoms with Gasteiger partial charge in [0.05, 0.1) is 23.6 Å². The van der Waals surface area contributed by atoms with Crippen molar-refractivity contribution in [3.8, 4) is 5.69 Å². The summed E-state index contributed by atoms with van der Waals surface area (Å²) in [7, 11) is 0. The van der Waals surface area contributed by atoms with Crippen molar-refractivity contribution in [2.24, 2.45) is 5.73 Å². The number of aromatic nitrogens is 5. The summed E-state index contributed by atoms with van der Waals surface area (Å²) in [6.45, 7) is 0. The maximum Gasteiger partial charge on any atom is 0.416 e. The van der Waals surface area contributed by atoms with Gasteiger partial charge in [0.25, 0.3) is 0 Å². The zero-order valence-electron chi connectivity index (χ0n) is 11.8. The molecule has 0 aliphatic carbocycles. The van der Waals surface area contributed by atoms with Crippen LogP contribution in [0.25, 0.3) is 5.69 Å². The second kappa shape index (κ2) is 5.84. The molecule has 1 atom stereocenters. The number of hydrogen-bond acceptors (Lipinski definition) is 4. The van der Waals surface area contributed by atoms with Gasteiger partial charge in [-0.15, -0.1) is 0 Å². The van der Waals surface area contributed by atoms with Crippen LogP contribution in [0.4, 0.5) is 13.2 Å². The average molecular weight is 322 g/mol. The minimum absolute atomic E-state index is 0.458. The Morgan fingerprint density at radius 3 is 2.57 bits per heavy atom. The van der Waals surface area contributed by atoms with Gasteiger partial charge < -0.3 is 10.7 Å². The zero-order valence-corrected chi connectivity index (χ0v) is 11.8. The SMILES string of the molecule is N[C@@H](Cc1cnc[nH]1)c1ncnn1-c1ccc(C(F)(F)F)cc1. The molecule has 6 nitrogen and oxygen atoms in total. The summed E-state index contributed by atoms with van der Waals surface area (Å²) < 4.78 is 39.3. The van der Waals surface area contributed by atoms with Crippen LogP contribution < -0.4 is 5.73 Å². The lowest BCUT2D eigenvalue weighted by molar-refractivity contribution is -0.137. The monoisotopic (exact) mass is 322 g/mol. The first-order valence-electron chi connectivity index (χ1n) is 6.75. The third-order valence-electron chi connectivity index (χ3n) is 3.34. The fourth-order valence-electron chi connectivity index (χ4n) is 2.22. The Bertz CT molecular complexity index is 761. The third kappa shape index (κ3) is 3.24. The molecule has 2 heterocycles. The smallest absolute Gasteiger partial charge is 0.348 e. The molecule has 0 unspecified atom stereocenters. The van der Waals surface area contributed by atoms with E-state index in [4.69, 9.17) is 5.73 Å². The van der Waals surface area contributed by atoms with Gasteiger partial charge in [-0.2, -0.15) is 18.3 Å². The Morgan fingerprint density at radius 2 is 1.96 bits per heavy atom. The van der Waals surface area contributed by atoms with E-state index < -0.39 is 17.8 Å². The molecule has 3 rings (SSSR count). The van der Waals surface area contributed by atoms with Crippen LogP contribution in [0.2, 0.25) is 0 Å². The summed E-state index contributed by atoms with van der Waals surface area (Å²) in [5, 5.41) is 4.05. The number of nitrogens with one attached hydrogen (secondary N) is 1. The molecule has 0 saturated heterocycles. The number of alkyl halides is 3. The van der Waals surface area contributed by atoms with Gasteiger partial charge in [0, 0.05) is 18.3 Å². The van der Waals surface area contributed by atoms with Crippen LogP contribution in [0.5, 0.6) is 0 Å². The number of rotatable bonds is 4. The molecule has 23 heavy (non-hydrogen) atoms. The predicted molar refractivity (Wildman–Crippen MR) is 75.6 cm³/mol. The maximum absolute atomic E-state index is 12.6. The molecule has 9 heteroatoms. The van der Waals surface area contributed by atoms with Crippen LogP contribution in [0.3, 0.4) is 0 Å². The normalized spacial score (nSPS) is 13.2. The lowest BCUT2D eigenvalue weighted by Crippen LogP contribution is -2.19. The third-order valence-corrected chi connectivity index (χ3v) is 3.34. The van der Waals surface area contributed by atoms with Crippen LogP contribution in [0, 0.1) is 0 Å². The van der Waals surface area contributed by atoms with E-state index in [-0.39, 0.29) is 0 Å². The highest BCUT2D eigenvalue weighted by molar-refractivity contribution is 5.35. The largest absolute Gasteiger partial charge is 0.416 e. The second-order valence-corrected chi connectivity index (χ2v) is 4.96. The molecule has 0 bridgehead atoms. The minimum atomic E-state index is -4.37. The molecule has 0 radical (unpaired) electrons. The lowest BCUT2D eigenvalue weighted by atomic mass is 10.1. The summed E-state index contributed by atoms with van der Waals surface area (Å²) >= 11 is 0. The highest BCUT2D eigenvalue weighted by atomic mass is 19.4. The fraction of sp³-hybridized carbons (Fsp3) is 0.214. The molecule has 0 saturated carbocycles. The number of nitrogens with zero attached hydrogens (tertiary/aromatic N) is 4. The van der Waals surface area contributed by atoms with Crippen LogP contribution in [-0.4, -0.2) is 24.7 Å². The van der Waals surface area contributed by atoms with E-state index in [2.05, 4.69) is 20.1 Å². The van der Waals surface area contributed by atoms with Crippen LogP contribution in [0.15, 0.2) is 43.1 Å². The molecule has 0 spiro atoms. The minimum Gasteiger partial charge on any atom is -0.348 e. The highest BCUT2D eigenvalue weighted by Crippen LogP contribution is 2.29. The van der Waals surface area contributed by atoms with Gasteiger partial charge in [-0.25, -0.2) is 14.6 Å². The molecule has 0 fully saturated rings. The van der Waals surface area contributed by atoms with E-state index in [1.54, 1.807) is 12.5 Å². The molecular formula is C14H13F3N6. The van der Waals surface area contributed by atoms with Crippen molar-refractivity contribution in [2.75, 3.05) is 0 Å². The first kappa shape index (κ1) is 15.2. The Hall–Kier alpha value is -2.68. The molecule has 0 aliphatic heterocycles. The Labute approximate surface area is 129 Å². The van der Waals surface area contributed by atoms with Crippen molar-refractivity contribution in [1.82, 2.24) is 24.7 Å². The molecule has 120 valence electrons. The van der Waals surface area contributed by atoms with Gasteiger partial charge in [0.2, 0.25) is 0 Å². The van der Waals surface area contributed by atoms with E-state index in [1.165, 1.54) is 23.1 Å². The number of H-pyrrole nitrogens is 1. The quantitative estimate of drug-likeness (QED) is 0.771. The van der Waals surface area contributed by atoms with Crippen LogP contribution in [-0.2, 0) is 12.6 Å². The molecule has 3 aromatic rings. The number of hydrogen-bond donors (Lipinski definition) is 2.